The van der Waals surface area contributed by atoms with Gasteiger partial charge in [0.2, 0.25) is 0 Å². The predicted octanol–water partition coefficient (Wildman–Crippen LogP) is 5.74. The molecule has 0 aliphatic rings. The van der Waals surface area contributed by atoms with E-state index in [1.165, 1.54) is 12.5 Å². The van der Waals surface area contributed by atoms with E-state index in [0.29, 0.717) is 23.0 Å². The van der Waals surface area contributed by atoms with E-state index in [9.17, 15) is 19.5 Å². The van der Waals surface area contributed by atoms with Gasteiger partial charge in [0.05, 0.1) is 11.1 Å². The maximum Gasteiger partial charge on any atom is 0.338 e. The molecule has 0 heterocycles. The molecule has 2 aromatic carbocycles. The van der Waals surface area contributed by atoms with E-state index < -0.39 is 24.0 Å². The van der Waals surface area contributed by atoms with Gasteiger partial charge in [0.1, 0.15) is 19.3 Å². The SMILES string of the molecule is C=C(C)C(=O)OCC(O)COC(=O)c1ccc(C(C)CC)cc1.CCC(C)c1ccc(C(=O)O)cc1. The Hall–Kier alpha value is -3.45. The zero-order chi connectivity index (χ0) is 27.3. The summed E-state index contributed by atoms with van der Waals surface area (Å²) in [7, 11) is 0. The summed E-state index contributed by atoms with van der Waals surface area (Å²) < 4.78 is 9.78. The van der Waals surface area contributed by atoms with Gasteiger partial charge in [-0.1, -0.05) is 58.5 Å². The van der Waals surface area contributed by atoms with E-state index >= 15 is 0 Å². The van der Waals surface area contributed by atoms with Gasteiger partial charge in [0, 0.05) is 5.57 Å². The molecule has 0 saturated carbocycles. The molecule has 0 aliphatic heterocycles. The third-order valence-electron chi connectivity index (χ3n) is 5.83. The largest absolute Gasteiger partial charge is 0.478 e. The third-order valence-corrected chi connectivity index (χ3v) is 5.83. The summed E-state index contributed by atoms with van der Waals surface area (Å²) in [6.45, 7) is 12.9. The molecule has 2 aromatic rings. The Morgan fingerprint density at radius 1 is 0.806 bits per heavy atom. The summed E-state index contributed by atoms with van der Waals surface area (Å²) in [6, 6.07) is 14.3. The van der Waals surface area contributed by atoms with Crippen molar-refractivity contribution in [3.63, 3.8) is 0 Å². The standard InChI is InChI=1S/C18H24O5.C11H14O2/c1-5-13(4)14-6-8-15(9-7-14)18(21)23-11-16(19)10-22-17(20)12(2)3;1-3-8(2)9-4-6-10(7-5-9)11(12)13/h6-9,13,16,19H,2,5,10-11H2,1,3-4H3;4-8H,3H2,1-2H3,(H,12,13). The number of carbonyl (C=O) groups excluding carboxylic acids is 2. The van der Waals surface area contributed by atoms with Crippen LogP contribution in [-0.4, -0.2) is 47.4 Å². The van der Waals surface area contributed by atoms with Gasteiger partial charge in [0.15, 0.2) is 0 Å². The summed E-state index contributed by atoms with van der Waals surface area (Å²) >= 11 is 0. The minimum Gasteiger partial charge on any atom is -0.478 e. The second-order valence-electron chi connectivity index (χ2n) is 8.80. The lowest BCUT2D eigenvalue weighted by Crippen LogP contribution is -2.25. The number of hydrogen-bond donors (Lipinski definition) is 2. The van der Waals surface area contributed by atoms with Crippen LogP contribution in [0.1, 0.15) is 91.1 Å². The Balaban J connectivity index is 0.000000420. The van der Waals surface area contributed by atoms with E-state index in [-0.39, 0.29) is 18.8 Å². The zero-order valence-electron chi connectivity index (χ0n) is 21.8. The van der Waals surface area contributed by atoms with Crippen molar-refractivity contribution < 1.29 is 34.1 Å². The minimum absolute atomic E-state index is 0.241. The predicted molar refractivity (Wildman–Crippen MR) is 139 cm³/mol. The van der Waals surface area contributed by atoms with E-state index in [0.717, 1.165) is 18.4 Å². The number of aliphatic hydroxyl groups excluding tert-OH is 1. The molecular weight excluding hydrogens is 460 g/mol. The molecule has 3 unspecified atom stereocenters. The molecule has 196 valence electrons. The van der Waals surface area contributed by atoms with E-state index in [2.05, 4.69) is 34.3 Å². The molecule has 0 radical (unpaired) electrons. The number of aliphatic hydroxyl groups is 1. The van der Waals surface area contributed by atoms with Crippen molar-refractivity contribution in [3.05, 3.63) is 82.9 Å². The van der Waals surface area contributed by atoms with Crippen LogP contribution in [0, 0.1) is 0 Å². The Kier molecular flexibility index (Phi) is 13.2. The third kappa shape index (κ3) is 10.4. The maximum absolute atomic E-state index is 11.9. The molecule has 0 saturated heterocycles. The quantitative estimate of drug-likeness (QED) is 0.300. The number of carboxylic acids is 1. The molecule has 0 aromatic heterocycles. The van der Waals surface area contributed by atoms with Crippen LogP contribution >= 0.6 is 0 Å². The van der Waals surface area contributed by atoms with Crippen LogP contribution in [0.5, 0.6) is 0 Å². The molecule has 2 N–H and O–H groups in total. The number of rotatable bonds is 11. The van der Waals surface area contributed by atoms with Crippen LogP contribution in [0.15, 0.2) is 60.7 Å². The number of aromatic carboxylic acids is 1. The Bertz CT molecular complexity index is 993. The topological polar surface area (TPSA) is 110 Å². The van der Waals surface area contributed by atoms with Crippen molar-refractivity contribution >= 4 is 17.9 Å². The van der Waals surface area contributed by atoms with Crippen LogP contribution in [0.3, 0.4) is 0 Å². The van der Waals surface area contributed by atoms with Gasteiger partial charge in [-0.15, -0.1) is 0 Å². The highest BCUT2D eigenvalue weighted by molar-refractivity contribution is 5.89. The van der Waals surface area contributed by atoms with Gasteiger partial charge in [0.25, 0.3) is 0 Å². The van der Waals surface area contributed by atoms with Crippen LogP contribution < -0.4 is 0 Å². The Labute approximate surface area is 213 Å². The van der Waals surface area contributed by atoms with E-state index in [4.69, 9.17) is 14.6 Å². The smallest absolute Gasteiger partial charge is 0.338 e. The Morgan fingerprint density at radius 2 is 1.22 bits per heavy atom. The first-order valence-electron chi connectivity index (χ1n) is 12.1. The lowest BCUT2D eigenvalue weighted by molar-refractivity contribution is -0.142. The van der Waals surface area contributed by atoms with Crippen LogP contribution in [0.4, 0.5) is 0 Å². The highest BCUT2D eigenvalue weighted by atomic mass is 16.6. The lowest BCUT2D eigenvalue weighted by atomic mass is 9.98. The molecule has 0 aliphatic carbocycles. The molecule has 3 atom stereocenters. The van der Waals surface area contributed by atoms with Crippen LogP contribution in [-0.2, 0) is 14.3 Å². The molecule has 36 heavy (non-hydrogen) atoms. The van der Waals surface area contributed by atoms with Gasteiger partial charge in [-0.2, -0.15) is 0 Å². The van der Waals surface area contributed by atoms with Crippen LogP contribution in [0.2, 0.25) is 0 Å². The normalized spacial score (nSPS) is 12.8. The first-order valence-corrected chi connectivity index (χ1v) is 12.1. The molecule has 0 amide bonds. The molecule has 0 fully saturated rings. The van der Waals surface area contributed by atoms with Gasteiger partial charge in [-0.25, -0.2) is 14.4 Å². The number of ether oxygens (including phenoxy) is 2. The lowest BCUT2D eigenvalue weighted by Gasteiger charge is -2.13. The molecule has 0 bridgehead atoms. The average Bonchev–Trinajstić information content (AvgIpc) is 2.89. The van der Waals surface area contributed by atoms with Crippen molar-refractivity contribution in [3.8, 4) is 0 Å². The van der Waals surface area contributed by atoms with Crippen molar-refractivity contribution in [2.24, 2.45) is 0 Å². The first kappa shape index (κ1) is 30.6. The van der Waals surface area contributed by atoms with Crippen molar-refractivity contribution in [1.82, 2.24) is 0 Å². The van der Waals surface area contributed by atoms with Gasteiger partial charge in [-0.3, -0.25) is 0 Å². The van der Waals surface area contributed by atoms with Gasteiger partial charge in [-0.05, 0) is 67.0 Å². The fourth-order valence-electron chi connectivity index (χ4n) is 2.97. The molecule has 2 rings (SSSR count). The van der Waals surface area contributed by atoms with Crippen molar-refractivity contribution in [1.29, 1.82) is 0 Å². The highest BCUT2D eigenvalue weighted by Gasteiger charge is 2.14. The Morgan fingerprint density at radius 3 is 1.61 bits per heavy atom. The second kappa shape index (κ2) is 15.5. The zero-order valence-corrected chi connectivity index (χ0v) is 21.8. The highest BCUT2D eigenvalue weighted by Crippen LogP contribution is 2.19. The van der Waals surface area contributed by atoms with Gasteiger partial charge >= 0.3 is 17.9 Å². The first-order chi connectivity index (χ1) is 17.0. The number of benzene rings is 2. The molecule has 0 spiro atoms. The summed E-state index contributed by atoms with van der Waals surface area (Å²) in [5, 5.41) is 18.3. The minimum atomic E-state index is -1.07. The number of esters is 2. The molecule has 7 nitrogen and oxygen atoms in total. The van der Waals surface area contributed by atoms with Crippen molar-refractivity contribution in [2.75, 3.05) is 13.2 Å². The fraction of sp³-hybridized carbons (Fsp3) is 0.414. The summed E-state index contributed by atoms with van der Waals surface area (Å²) in [6.07, 6.45) is 1.03. The summed E-state index contributed by atoms with van der Waals surface area (Å²) in [4.78, 5) is 33.6. The molecular formula is C29H38O7. The maximum atomic E-state index is 11.9. The monoisotopic (exact) mass is 498 g/mol. The summed E-state index contributed by atoms with van der Waals surface area (Å²) in [5.41, 5.74) is 3.38. The van der Waals surface area contributed by atoms with Crippen molar-refractivity contribution in [2.45, 2.75) is 65.4 Å². The second-order valence-corrected chi connectivity index (χ2v) is 8.80. The van der Waals surface area contributed by atoms with E-state index in [1.807, 2.05) is 24.3 Å². The summed E-state index contributed by atoms with van der Waals surface area (Å²) in [5.74, 6) is -1.04. The number of hydrogen-bond acceptors (Lipinski definition) is 6. The number of carboxylic acid groups (broad SMARTS) is 1. The average molecular weight is 499 g/mol. The van der Waals surface area contributed by atoms with E-state index in [1.54, 1.807) is 24.3 Å². The molecule has 7 heteroatoms. The van der Waals surface area contributed by atoms with Crippen LogP contribution in [0.25, 0.3) is 0 Å². The fourth-order valence-corrected chi connectivity index (χ4v) is 2.97. The van der Waals surface area contributed by atoms with Gasteiger partial charge < -0.3 is 19.7 Å². The number of carbonyl (C=O) groups is 3.